The molecule has 2 fully saturated rings. The SMILES string of the molecule is Cc1ocnc1C(=O)N1CCC2(CC1)C[C@H]2N(C)Cc1nccs1. The first-order valence-corrected chi connectivity index (χ1v) is 9.25. The molecule has 0 radical (unpaired) electrons. The first-order chi connectivity index (χ1) is 11.6. The number of oxazole rings is 1. The predicted octanol–water partition coefficient (Wildman–Crippen LogP) is 2.57. The molecule has 1 spiro atoms. The van der Waals surface area contributed by atoms with E-state index in [1.54, 1.807) is 18.3 Å². The van der Waals surface area contributed by atoms with Crippen LogP contribution in [0.2, 0.25) is 0 Å². The number of thiazole rings is 1. The van der Waals surface area contributed by atoms with Crippen LogP contribution in [-0.2, 0) is 6.54 Å². The van der Waals surface area contributed by atoms with Crippen LogP contribution in [0.3, 0.4) is 0 Å². The second kappa shape index (κ2) is 5.97. The maximum atomic E-state index is 12.5. The van der Waals surface area contributed by atoms with Crippen molar-refractivity contribution < 1.29 is 9.21 Å². The van der Waals surface area contributed by atoms with Crippen molar-refractivity contribution in [2.75, 3.05) is 20.1 Å². The van der Waals surface area contributed by atoms with Gasteiger partial charge < -0.3 is 9.32 Å². The van der Waals surface area contributed by atoms with E-state index in [-0.39, 0.29) is 5.91 Å². The number of nitrogens with zero attached hydrogens (tertiary/aromatic N) is 4. The number of aromatic nitrogens is 2. The van der Waals surface area contributed by atoms with Crippen molar-refractivity contribution in [2.24, 2.45) is 5.41 Å². The first kappa shape index (κ1) is 15.8. The van der Waals surface area contributed by atoms with Crippen LogP contribution in [0.15, 0.2) is 22.4 Å². The lowest BCUT2D eigenvalue weighted by atomic mass is 9.92. The Morgan fingerprint density at radius 2 is 2.25 bits per heavy atom. The van der Waals surface area contributed by atoms with Crippen molar-refractivity contribution in [2.45, 2.75) is 38.8 Å². The molecule has 3 heterocycles. The zero-order chi connectivity index (χ0) is 16.7. The zero-order valence-corrected chi connectivity index (χ0v) is 14.9. The summed E-state index contributed by atoms with van der Waals surface area (Å²) in [6, 6.07) is 0.618. The van der Waals surface area contributed by atoms with E-state index in [0.29, 0.717) is 22.9 Å². The molecule has 128 valence electrons. The molecule has 2 aromatic heterocycles. The third kappa shape index (κ3) is 2.75. The van der Waals surface area contributed by atoms with E-state index in [1.807, 2.05) is 16.5 Å². The van der Waals surface area contributed by atoms with Crippen molar-refractivity contribution in [3.05, 3.63) is 34.4 Å². The minimum absolute atomic E-state index is 0.00411. The number of amides is 1. The smallest absolute Gasteiger partial charge is 0.276 e. The van der Waals surface area contributed by atoms with Crippen LogP contribution in [0, 0.1) is 12.3 Å². The highest BCUT2D eigenvalue weighted by molar-refractivity contribution is 7.09. The summed E-state index contributed by atoms with van der Waals surface area (Å²) in [6.07, 6.45) is 6.59. The molecule has 6 nitrogen and oxygen atoms in total. The number of hydrogen-bond acceptors (Lipinski definition) is 6. The molecule has 0 unspecified atom stereocenters. The molecule has 0 N–H and O–H groups in total. The van der Waals surface area contributed by atoms with Gasteiger partial charge in [-0.15, -0.1) is 11.3 Å². The van der Waals surface area contributed by atoms with Crippen LogP contribution in [0.1, 0.15) is 40.5 Å². The molecular weight excluding hydrogens is 324 g/mol. The molecule has 1 atom stereocenters. The number of hydrogen-bond donors (Lipinski definition) is 0. The number of carbonyl (C=O) groups is 1. The Bertz CT molecular complexity index is 719. The van der Waals surface area contributed by atoms with Gasteiger partial charge in [-0.3, -0.25) is 9.69 Å². The van der Waals surface area contributed by atoms with E-state index in [4.69, 9.17) is 4.42 Å². The summed E-state index contributed by atoms with van der Waals surface area (Å²) in [5, 5.41) is 3.20. The van der Waals surface area contributed by atoms with Crippen LogP contribution < -0.4 is 0 Å². The Morgan fingerprint density at radius 3 is 2.88 bits per heavy atom. The molecule has 0 bridgehead atoms. The van der Waals surface area contributed by atoms with E-state index in [2.05, 4.69) is 21.9 Å². The Hall–Kier alpha value is -1.73. The minimum Gasteiger partial charge on any atom is -0.448 e. The predicted molar refractivity (Wildman–Crippen MR) is 90.8 cm³/mol. The fourth-order valence-corrected chi connectivity index (χ4v) is 4.64. The Balaban J connectivity index is 1.34. The lowest BCUT2D eigenvalue weighted by Gasteiger charge is -2.33. The molecule has 4 rings (SSSR count). The van der Waals surface area contributed by atoms with Crippen molar-refractivity contribution in [1.29, 1.82) is 0 Å². The highest BCUT2D eigenvalue weighted by atomic mass is 32.1. The van der Waals surface area contributed by atoms with Gasteiger partial charge in [0.2, 0.25) is 0 Å². The summed E-state index contributed by atoms with van der Waals surface area (Å²) < 4.78 is 5.16. The van der Waals surface area contributed by atoms with Gasteiger partial charge in [-0.2, -0.15) is 0 Å². The number of piperidine rings is 1. The maximum absolute atomic E-state index is 12.5. The molecule has 1 aliphatic heterocycles. The average molecular weight is 346 g/mol. The standard InChI is InChI=1S/C17H22N4O2S/c1-12-15(19-11-23-12)16(22)21-6-3-17(4-7-21)9-13(17)20(2)10-14-18-5-8-24-14/h5,8,11,13H,3-4,6-7,9-10H2,1-2H3/t13-/m1/s1. The van der Waals surface area contributed by atoms with E-state index >= 15 is 0 Å². The summed E-state index contributed by atoms with van der Waals surface area (Å²) in [5.41, 5.74) is 0.848. The van der Waals surface area contributed by atoms with Crippen molar-refractivity contribution in [3.8, 4) is 0 Å². The van der Waals surface area contributed by atoms with Gasteiger partial charge in [0, 0.05) is 30.7 Å². The van der Waals surface area contributed by atoms with Crippen LogP contribution in [0.5, 0.6) is 0 Å². The summed E-state index contributed by atoms with van der Waals surface area (Å²) in [4.78, 5) is 25.3. The van der Waals surface area contributed by atoms with E-state index in [1.165, 1.54) is 17.8 Å². The van der Waals surface area contributed by atoms with E-state index < -0.39 is 0 Å². The largest absolute Gasteiger partial charge is 0.448 e. The monoisotopic (exact) mass is 346 g/mol. The van der Waals surface area contributed by atoms with Crippen LogP contribution >= 0.6 is 11.3 Å². The molecule has 24 heavy (non-hydrogen) atoms. The van der Waals surface area contributed by atoms with Gasteiger partial charge in [0.1, 0.15) is 10.8 Å². The fraction of sp³-hybridized carbons (Fsp3) is 0.588. The minimum atomic E-state index is 0.00411. The van der Waals surface area contributed by atoms with Gasteiger partial charge in [-0.1, -0.05) is 0 Å². The first-order valence-electron chi connectivity index (χ1n) is 8.37. The quantitative estimate of drug-likeness (QED) is 0.851. The normalized spacial score (nSPS) is 22.3. The molecular formula is C17H22N4O2S. The Labute approximate surface area is 145 Å². The molecule has 7 heteroatoms. The molecule has 1 aliphatic carbocycles. The van der Waals surface area contributed by atoms with Crippen LogP contribution in [0.25, 0.3) is 0 Å². The number of rotatable bonds is 4. The summed E-state index contributed by atoms with van der Waals surface area (Å²) in [5.74, 6) is 0.609. The molecule has 1 amide bonds. The average Bonchev–Trinajstić information content (AvgIpc) is 2.94. The van der Waals surface area contributed by atoms with Crippen molar-refractivity contribution in [3.63, 3.8) is 0 Å². The third-order valence-corrected chi connectivity index (χ3v) is 6.30. The lowest BCUT2D eigenvalue weighted by Crippen LogP contribution is -2.41. The maximum Gasteiger partial charge on any atom is 0.276 e. The fourth-order valence-electron chi connectivity index (χ4n) is 3.96. The van der Waals surface area contributed by atoms with E-state index in [0.717, 1.165) is 32.5 Å². The van der Waals surface area contributed by atoms with Crippen molar-refractivity contribution >= 4 is 17.2 Å². The third-order valence-electron chi connectivity index (χ3n) is 5.54. The van der Waals surface area contributed by atoms with Crippen LogP contribution in [-0.4, -0.2) is 51.9 Å². The highest BCUT2D eigenvalue weighted by Crippen LogP contribution is 2.56. The summed E-state index contributed by atoms with van der Waals surface area (Å²) in [6.45, 7) is 4.33. The number of likely N-dealkylation sites (tertiary alicyclic amines) is 1. The summed E-state index contributed by atoms with van der Waals surface area (Å²) >= 11 is 1.71. The number of carbonyl (C=O) groups excluding carboxylic acids is 1. The molecule has 1 saturated heterocycles. The van der Waals surface area contributed by atoms with Gasteiger partial charge in [0.15, 0.2) is 12.1 Å². The Kier molecular flexibility index (Phi) is 3.92. The van der Waals surface area contributed by atoms with Crippen LogP contribution in [0.4, 0.5) is 0 Å². The molecule has 0 aromatic carbocycles. The highest BCUT2D eigenvalue weighted by Gasteiger charge is 2.57. The lowest BCUT2D eigenvalue weighted by molar-refractivity contribution is 0.0651. The molecule has 2 aromatic rings. The van der Waals surface area contributed by atoms with Gasteiger partial charge in [-0.25, -0.2) is 9.97 Å². The second-order valence-corrected chi connectivity index (χ2v) is 7.95. The zero-order valence-electron chi connectivity index (χ0n) is 14.1. The number of aryl methyl sites for hydroxylation is 1. The van der Waals surface area contributed by atoms with Crippen molar-refractivity contribution in [1.82, 2.24) is 19.8 Å². The van der Waals surface area contributed by atoms with E-state index in [9.17, 15) is 4.79 Å². The van der Waals surface area contributed by atoms with Gasteiger partial charge in [0.25, 0.3) is 5.91 Å². The van der Waals surface area contributed by atoms with Gasteiger partial charge in [-0.05, 0) is 38.6 Å². The summed E-state index contributed by atoms with van der Waals surface area (Å²) in [7, 11) is 2.19. The topological polar surface area (TPSA) is 62.5 Å². The van der Waals surface area contributed by atoms with Gasteiger partial charge >= 0.3 is 0 Å². The Morgan fingerprint density at radius 1 is 1.46 bits per heavy atom. The molecule has 2 aliphatic rings. The second-order valence-electron chi connectivity index (χ2n) is 6.97. The molecule has 1 saturated carbocycles. The van der Waals surface area contributed by atoms with Gasteiger partial charge in [0.05, 0.1) is 6.54 Å².